The van der Waals surface area contributed by atoms with E-state index in [0.717, 1.165) is 47.2 Å². The molecule has 0 saturated carbocycles. The Morgan fingerprint density at radius 2 is 1.74 bits per heavy atom. The smallest absolute Gasteiger partial charge is 0.387 e. The van der Waals surface area contributed by atoms with Gasteiger partial charge in [0.25, 0.3) is 21.5 Å². The normalized spacial score (nSPS) is 12.0. The van der Waals surface area contributed by atoms with Gasteiger partial charge in [0.1, 0.15) is 23.1 Å². The molecule has 0 saturated heterocycles. The first-order valence-corrected chi connectivity index (χ1v) is 16.7. The van der Waals surface area contributed by atoms with Gasteiger partial charge in [-0.2, -0.15) is 8.78 Å². The molecule has 0 spiro atoms. The van der Waals surface area contributed by atoms with Gasteiger partial charge in [-0.3, -0.25) is 9.59 Å². The quantitative estimate of drug-likeness (QED) is 0.206. The van der Waals surface area contributed by atoms with E-state index in [1.165, 1.54) is 36.5 Å². The number of hydrogen-bond donors (Lipinski definition) is 2. The summed E-state index contributed by atoms with van der Waals surface area (Å²) in [6.07, 6.45) is 2.25. The lowest BCUT2D eigenvalue weighted by molar-refractivity contribution is -0.0497. The maximum Gasteiger partial charge on any atom is 0.387 e. The summed E-state index contributed by atoms with van der Waals surface area (Å²) in [5.41, 5.74) is -1.51. The first-order chi connectivity index (χ1) is 21.6. The van der Waals surface area contributed by atoms with Crippen molar-refractivity contribution in [2.75, 3.05) is 6.26 Å². The number of halogens is 4. The van der Waals surface area contributed by atoms with E-state index in [1.807, 2.05) is 4.72 Å². The minimum atomic E-state index is -4.70. The second kappa shape index (κ2) is 12.4. The number of nitrogens with zero attached hydrogens (tertiary/aromatic N) is 1. The molecule has 0 fully saturated rings. The Morgan fingerprint density at radius 1 is 0.978 bits per heavy atom. The molecule has 5 rings (SSSR count). The highest BCUT2D eigenvalue weighted by molar-refractivity contribution is 7.90. The zero-order valence-electron chi connectivity index (χ0n) is 23.6. The highest BCUT2D eigenvalue weighted by Gasteiger charge is 2.30. The second-order valence-electron chi connectivity index (χ2n) is 10.2. The van der Waals surface area contributed by atoms with Gasteiger partial charge in [-0.15, -0.1) is 0 Å². The van der Waals surface area contributed by atoms with Crippen molar-refractivity contribution in [1.82, 2.24) is 14.3 Å². The third-order valence-electron chi connectivity index (χ3n) is 6.77. The van der Waals surface area contributed by atoms with E-state index in [2.05, 4.69) is 9.72 Å². The van der Waals surface area contributed by atoms with Crippen LogP contribution in [0.4, 0.5) is 17.6 Å². The average Bonchev–Trinajstić information content (AvgIpc) is 3.26. The first kappa shape index (κ1) is 32.4. The molecule has 1 amide bonds. The van der Waals surface area contributed by atoms with Crippen molar-refractivity contribution >= 4 is 36.7 Å². The Kier molecular flexibility index (Phi) is 8.77. The second-order valence-corrected chi connectivity index (χ2v) is 14.0. The highest BCUT2D eigenvalue weighted by atomic mass is 32.2. The van der Waals surface area contributed by atoms with Crippen LogP contribution in [-0.4, -0.2) is 45.2 Å². The van der Waals surface area contributed by atoms with E-state index < -0.39 is 72.5 Å². The SMILES string of the molecule is CS(=O)(=O)Cc1cccc(S(=O)(=O)NC(=O)c2c(-c3ccc[nH]c3=O)c3cc(OC(F)F)ccc3n2Cc2ccc(F)cc2F)c1. The van der Waals surface area contributed by atoms with Gasteiger partial charge in [-0.05, 0) is 54.1 Å². The zero-order chi connectivity index (χ0) is 33.4. The lowest BCUT2D eigenvalue weighted by Gasteiger charge is -2.14. The van der Waals surface area contributed by atoms with Gasteiger partial charge in [0.15, 0.2) is 9.84 Å². The number of nitrogens with one attached hydrogen (secondary N) is 2. The molecule has 0 radical (unpaired) electrons. The summed E-state index contributed by atoms with van der Waals surface area (Å²) in [7, 11) is -8.24. The van der Waals surface area contributed by atoms with Crippen LogP contribution >= 0.6 is 0 Å². The van der Waals surface area contributed by atoms with E-state index in [0.29, 0.717) is 6.07 Å². The topological polar surface area (TPSA) is 144 Å². The summed E-state index contributed by atoms with van der Waals surface area (Å²) < 4.78 is 113. The number of pyridine rings is 1. The molecule has 16 heteroatoms. The molecule has 46 heavy (non-hydrogen) atoms. The Bertz CT molecular complexity index is 2270. The van der Waals surface area contributed by atoms with Gasteiger partial charge in [0, 0.05) is 46.1 Å². The number of alkyl halides is 2. The molecular weight excluding hydrogens is 654 g/mol. The van der Waals surface area contributed by atoms with E-state index >= 15 is 0 Å². The lowest BCUT2D eigenvalue weighted by Crippen LogP contribution is -2.33. The van der Waals surface area contributed by atoms with Crippen LogP contribution in [0.1, 0.15) is 21.6 Å². The Hall–Kier alpha value is -4.96. The number of aromatic amines is 1. The molecule has 0 bridgehead atoms. The number of sulfonamides is 1. The fourth-order valence-electron chi connectivity index (χ4n) is 4.96. The van der Waals surface area contributed by atoms with Crippen molar-refractivity contribution in [2.45, 2.75) is 23.8 Å². The van der Waals surface area contributed by atoms with E-state index in [4.69, 9.17) is 0 Å². The van der Waals surface area contributed by atoms with Crippen LogP contribution in [0.5, 0.6) is 5.75 Å². The standard InChI is InChI=1S/C30H23F4N3O7S2/c1-45(40,41)16-17-4-2-5-21(12-17)46(42,43)36-29(39)27-26(22-6-3-11-35-28(22)38)23-14-20(44-30(33)34)9-10-25(23)37(27)15-18-7-8-19(31)13-24(18)32/h2-14,30H,15-16H2,1H3,(H,35,38)(H,36,39). The molecule has 0 unspecified atom stereocenters. The lowest BCUT2D eigenvalue weighted by atomic mass is 10.0. The molecule has 10 nitrogen and oxygen atoms in total. The number of H-pyrrole nitrogens is 1. The van der Waals surface area contributed by atoms with Gasteiger partial charge >= 0.3 is 6.61 Å². The van der Waals surface area contributed by atoms with Crippen LogP contribution in [0.15, 0.2) is 88.7 Å². The van der Waals surface area contributed by atoms with E-state index in [1.54, 1.807) is 0 Å². The summed E-state index contributed by atoms with van der Waals surface area (Å²) in [4.78, 5) is 29.0. The molecular formula is C30H23F4N3O7S2. The summed E-state index contributed by atoms with van der Waals surface area (Å²) >= 11 is 0. The monoisotopic (exact) mass is 677 g/mol. The summed E-state index contributed by atoms with van der Waals surface area (Å²) in [5.74, 6) is -4.03. The number of sulfone groups is 1. The number of benzene rings is 3. The highest BCUT2D eigenvalue weighted by Crippen LogP contribution is 2.37. The predicted molar refractivity (Wildman–Crippen MR) is 160 cm³/mol. The maximum absolute atomic E-state index is 14.9. The Morgan fingerprint density at radius 3 is 2.41 bits per heavy atom. The fraction of sp³-hybridized carbons (Fsp3) is 0.133. The maximum atomic E-state index is 14.9. The summed E-state index contributed by atoms with van der Waals surface area (Å²) in [6.45, 7) is -3.72. The van der Waals surface area contributed by atoms with Crippen LogP contribution < -0.4 is 15.0 Å². The molecule has 0 aliphatic heterocycles. The minimum absolute atomic E-state index is 0.00457. The summed E-state index contributed by atoms with van der Waals surface area (Å²) in [6, 6.07) is 13.8. The van der Waals surface area contributed by atoms with Gasteiger partial charge < -0.3 is 14.3 Å². The predicted octanol–water partition coefficient (Wildman–Crippen LogP) is 4.59. The van der Waals surface area contributed by atoms with Crippen molar-refractivity contribution in [3.05, 3.63) is 118 Å². The molecule has 0 aliphatic carbocycles. The zero-order valence-corrected chi connectivity index (χ0v) is 25.3. The molecule has 3 aromatic carbocycles. The number of aromatic nitrogens is 2. The number of rotatable bonds is 10. The summed E-state index contributed by atoms with van der Waals surface area (Å²) in [5, 5.41) is -0.00457. The van der Waals surface area contributed by atoms with E-state index in [9.17, 15) is 44.0 Å². The van der Waals surface area contributed by atoms with Crippen LogP contribution in [-0.2, 0) is 32.2 Å². The molecule has 5 aromatic rings. The Labute approximate surface area is 259 Å². The van der Waals surface area contributed by atoms with Crippen LogP contribution in [0, 0.1) is 11.6 Å². The van der Waals surface area contributed by atoms with Gasteiger partial charge in [0.05, 0.1) is 17.2 Å². The van der Waals surface area contributed by atoms with Gasteiger partial charge in [0.2, 0.25) is 0 Å². The van der Waals surface area contributed by atoms with Crippen molar-refractivity contribution in [1.29, 1.82) is 0 Å². The number of hydrogen-bond acceptors (Lipinski definition) is 7. The van der Waals surface area contributed by atoms with Crippen molar-refractivity contribution in [3.8, 4) is 16.9 Å². The fourth-order valence-corrected chi connectivity index (χ4v) is 6.76. The van der Waals surface area contributed by atoms with Gasteiger partial charge in [-0.1, -0.05) is 18.2 Å². The van der Waals surface area contributed by atoms with Crippen molar-refractivity contribution < 1.29 is 43.9 Å². The molecule has 240 valence electrons. The number of ether oxygens (including phenoxy) is 1. The molecule has 2 N–H and O–H groups in total. The number of fused-ring (bicyclic) bond motifs is 1. The third-order valence-corrected chi connectivity index (χ3v) is 8.96. The van der Waals surface area contributed by atoms with Crippen molar-refractivity contribution in [3.63, 3.8) is 0 Å². The van der Waals surface area contributed by atoms with Crippen LogP contribution in [0.25, 0.3) is 22.0 Å². The largest absolute Gasteiger partial charge is 0.435 e. The van der Waals surface area contributed by atoms with Gasteiger partial charge in [-0.25, -0.2) is 30.3 Å². The number of carbonyl (C=O) groups excluding carboxylic acids is 1. The van der Waals surface area contributed by atoms with E-state index in [-0.39, 0.29) is 38.9 Å². The average molecular weight is 678 g/mol. The Balaban J connectivity index is 1.74. The van der Waals surface area contributed by atoms with Crippen LogP contribution in [0.2, 0.25) is 0 Å². The molecule has 0 atom stereocenters. The molecule has 2 aromatic heterocycles. The minimum Gasteiger partial charge on any atom is -0.435 e. The van der Waals surface area contributed by atoms with Crippen LogP contribution in [0.3, 0.4) is 0 Å². The number of carbonyl (C=O) groups is 1. The van der Waals surface area contributed by atoms with Crippen molar-refractivity contribution in [2.24, 2.45) is 0 Å². The molecule has 0 aliphatic rings. The first-order valence-electron chi connectivity index (χ1n) is 13.2. The molecule has 2 heterocycles. The number of amides is 1. The third kappa shape index (κ3) is 6.97.